The molecule has 1 aromatic heterocycles. The SMILES string of the molecule is CCNC(COc1ccccc1)c1cccnc1N. The van der Waals surface area contributed by atoms with Crippen LogP contribution in [0.25, 0.3) is 0 Å². The van der Waals surface area contributed by atoms with Crippen LogP contribution in [-0.4, -0.2) is 18.1 Å². The summed E-state index contributed by atoms with van der Waals surface area (Å²) in [5.74, 6) is 1.40. The van der Waals surface area contributed by atoms with E-state index in [2.05, 4.69) is 17.2 Å². The van der Waals surface area contributed by atoms with E-state index in [9.17, 15) is 0 Å². The third-order valence-electron chi connectivity index (χ3n) is 2.86. The van der Waals surface area contributed by atoms with Gasteiger partial charge in [-0.2, -0.15) is 0 Å². The second-order valence-corrected chi connectivity index (χ2v) is 4.21. The van der Waals surface area contributed by atoms with Gasteiger partial charge in [-0.25, -0.2) is 4.98 Å². The van der Waals surface area contributed by atoms with Gasteiger partial charge < -0.3 is 15.8 Å². The zero-order valence-electron chi connectivity index (χ0n) is 11.0. The lowest BCUT2D eigenvalue weighted by Gasteiger charge is -2.19. The zero-order valence-corrected chi connectivity index (χ0v) is 11.0. The fourth-order valence-electron chi connectivity index (χ4n) is 1.93. The minimum absolute atomic E-state index is 0.0407. The highest BCUT2D eigenvalue weighted by molar-refractivity contribution is 5.41. The molecule has 0 radical (unpaired) electrons. The van der Waals surface area contributed by atoms with Crippen LogP contribution < -0.4 is 15.8 Å². The van der Waals surface area contributed by atoms with Gasteiger partial charge in [0.05, 0.1) is 6.04 Å². The Kier molecular flexibility index (Phi) is 4.75. The number of nitrogens with two attached hydrogens (primary N) is 1. The van der Waals surface area contributed by atoms with Crippen LogP contribution in [0.4, 0.5) is 5.82 Å². The number of pyridine rings is 1. The fraction of sp³-hybridized carbons (Fsp3) is 0.267. The van der Waals surface area contributed by atoms with E-state index in [4.69, 9.17) is 10.5 Å². The standard InChI is InChI=1S/C15H19N3O/c1-2-17-14(13-9-6-10-18-15(13)16)11-19-12-7-4-3-5-8-12/h3-10,14,17H,2,11H2,1H3,(H2,16,18). The van der Waals surface area contributed by atoms with E-state index in [1.54, 1.807) is 6.20 Å². The maximum absolute atomic E-state index is 5.91. The number of rotatable bonds is 6. The molecule has 0 amide bonds. The highest BCUT2D eigenvalue weighted by Crippen LogP contribution is 2.19. The molecule has 4 nitrogen and oxygen atoms in total. The van der Waals surface area contributed by atoms with E-state index in [1.807, 2.05) is 42.5 Å². The monoisotopic (exact) mass is 257 g/mol. The van der Waals surface area contributed by atoms with Crippen molar-refractivity contribution in [1.82, 2.24) is 10.3 Å². The first-order valence-electron chi connectivity index (χ1n) is 6.43. The quantitative estimate of drug-likeness (QED) is 0.834. The van der Waals surface area contributed by atoms with Crippen LogP contribution >= 0.6 is 0 Å². The van der Waals surface area contributed by atoms with Crippen LogP contribution in [0.1, 0.15) is 18.5 Å². The molecule has 0 spiro atoms. The molecule has 1 aromatic carbocycles. The molecule has 0 aliphatic heterocycles. The van der Waals surface area contributed by atoms with Gasteiger partial charge in [0.2, 0.25) is 0 Å². The summed E-state index contributed by atoms with van der Waals surface area (Å²) in [4.78, 5) is 4.12. The molecule has 1 atom stereocenters. The number of hydrogen-bond donors (Lipinski definition) is 2. The number of anilines is 1. The van der Waals surface area contributed by atoms with Crippen molar-refractivity contribution in [3.8, 4) is 5.75 Å². The second-order valence-electron chi connectivity index (χ2n) is 4.21. The first-order valence-corrected chi connectivity index (χ1v) is 6.43. The van der Waals surface area contributed by atoms with E-state index in [0.29, 0.717) is 12.4 Å². The van der Waals surface area contributed by atoms with Gasteiger partial charge in [-0.05, 0) is 24.7 Å². The van der Waals surface area contributed by atoms with Gasteiger partial charge in [-0.1, -0.05) is 31.2 Å². The van der Waals surface area contributed by atoms with Crippen molar-refractivity contribution in [3.63, 3.8) is 0 Å². The summed E-state index contributed by atoms with van der Waals surface area (Å²) in [5.41, 5.74) is 6.89. The van der Waals surface area contributed by atoms with Crippen LogP contribution in [0.5, 0.6) is 5.75 Å². The summed E-state index contributed by atoms with van der Waals surface area (Å²) in [6.45, 7) is 3.42. The normalized spacial score (nSPS) is 12.1. The van der Waals surface area contributed by atoms with E-state index in [-0.39, 0.29) is 6.04 Å². The van der Waals surface area contributed by atoms with Crippen molar-refractivity contribution in [2.75, 3.05) is 18.9 Å². The number of likely N-dealkylation sites (N-methyl/N-ethyl adjacent to an activating group) is 1. The number of nitrogen functional groups attached to an aromatic ring is 1. The summed E-state index contributed by atoms with van der Waals surface area (Å²) in [6, 6.07) is 13.7. The molecule has 19 heavy (non-hydrogen) atoms. The van der Waals surface area contributed by atoms with Gasteiger partial charge in [-0.3, -0.25) is 0 Å². The minimum atomic E-state index is 0.0407. The van der Waals surface area contributed by atoms with Gasteiger partial charge in [0.1, 0.15) is 18.2 Å². The van der Waals surface area contributed by atoms with Crippen molar-refractivity contribution in [2.45, 2.75) is 13.0 Å². The van der Waals surface area contributed by atoms with Crippen molar-refractivity contribution in [2.24, 2.45) is 0 Å². The number of aromatic nitrogens is 1. The van der Waals surface area contributed by atoms with Crippen LogP contribution in [0.3, 0.4) is 0 Å². The molecule has 100 valence electrons. The molecular weight excluding hydrogens is 238 g/mol. The predicted molar refractivity (Wildman–Crippen MR) is 77.0 cm³/mol. The molecule has 0 aliphatic carbocycles. The fourth-order valence-corrected chi connectivity index (χ4v) is 1.93. The molecule has 3 N–H and O–H groups in total. The molecule has 1 heterocycles. The molecule has 0 fully saturated rings. The predicted octanol–water partition coefficient (Wildman–Crippen LogP) is 2.39. The molecule has 0 aliphatic rings. The Morgan fingerprint density at radius 2 is 2.00 bits per heavy atom. The Labute approximate surface area is 113 Å². The first kappa shape index (κ1) is 13.4. The second kappa shape index (κ2) is 6.75. The lowest BCUT2D eigenvalue weighted by molar-refractivity contribution is 0.268. The summed E-state index contributed by atoms with van der Waals surface area (Å²) in [5, 5.41) is 3.36. The first-order chi connectivity index (χ1) is 9.31. The van der Waals surface area contributed by atoms with Crippen molar-refractivity contribution in [3.05, 3.63) is 54.2 Å². The van der Waals surface area contributed by atoms with Gasteiger partial charge in [-0.15, -0.1) is 0 Å². The van der Waals surface area contributed by atoms with E-state index >= 15 is 0 Å². The molecule has 1 unspecified atom stereocenters. The Balaban J connectivity index is 2.07. The third kappa shape index (κ3) is 3.69. The van der Waals surface area contributed by atoms with Gasteiger partial charge in [0, 0.05) is 11.8 Å². The van der Waals surface area contributed by atoms with E-state index in [0.717, 1.165) is 17.9 Å². The Hall–Kier alpha value is -2.07. The highest BCUT2D eigenvalue weighted by atomic mass is 16.5. The van der Waals surface area contributed by atoms with Crippen LogP contribution in [-0.2, 0) is 0 Å². The maximum Gasteiger partial charge on any atom is 0.128 e. The number of ether oxygens (including phenoxy) is 1. The lowest BCUT2D eigenvalue weighted by atomic mass is 10.1. The van der Waals surface area contributed by atoms with E-state index in [1.165, 1.54) is 0 Å². The smallest absolute Gasteiger partial charge is 0.128 e. The van der Waals surface area contributed by atoms with Gasteiger partial charge in [0.25, 0.3) is 0 Å². The summed E-state index contributed by atoms with van der Waals surface area (Å²) < 4.78 is 5.78. The molecule has 0 saturated heterocycles. The number of para-hydroxylation sites is 1. The van der Waals surface area contributed by atoms with Crippen molar-refractivity contribution >= 4 is 5.82 Å². The highest BCUT2D eigenvalue weighted by Gasteiger charge is 2.14. The summed E-state index contributed by atoms with van der Waals surface area (Å²) >= 11 is 0. The zero-order chi connectivity index (χ0) is 13.5. The van der Waals surface area contributed by atoms with Crippen molar-refractivity contribution in [1.29, 1.82) is 0 Å². The van der Waals surface area contributed by atoms with Crippen LogP contribution in [0.2, 0.25) is 0 Å². The Morgan fingerprint density at radius 3 is 2.68 bits per heavy atom. The summed E-state index contributed by atoms with van der Waals surface area (Å²) in [6.07, 6.45) is 1.69. The molecule has 4 heteroatoms. The number of nitrogens with zero attached hydrogens (tertiary/aromatic N) is 1. The Bertz CT molecular complexity index is 502. The molecular formula is C15H19N3O. The van der Waals surface area contributed by atoms with Crippen LogP contribution in [0, 0.1) is 0 Å². The number of hydrogen-bond acceptors (Lipinski definition) is 4. The van der Waals surface area contributed by atoms with Crippen molar-refractivity contribution < 1.29 is 4.74 Å². The summed E-state index contributed by atoms with van der Waals surface area (Å²) in [7, 11) is 0. The van der Waals surface area contributed by atoms with Gasteiger partial charge >= 0.3 is 0 Å². The van der Waals surface area contributed by atoms with Crippen LogP contribution in [0.15, 0.2) is 48.7 Å². The molecule has 0 saturated carbocycles. The lowest BCUT2D eigenvalue weighted by Crippen LogP contribution is -2.27. The molecule has 2 rings (SSSR count). The molecule has 0 bridgehead atoms. The maximum atomic E-state index is 5.91. The average molecular weight is 257 g/mol. The third-order valence-corrected chi connectivity index (χ3v) is 2.86. The largest absolute Gasteiger partial charge is 0.492 e. The Morgan fingerprint density at radius 1 is 1.21 bits per heavy atom. The minimum Gasteiger partial charge on any atom is -0.492 e. The van der Waals surface area contributed by atoms with E-state index < -0.39 is 0 Å². The average Bonchev–Trinajstić information content (AvgIpc) is 2.45. The van der Waals surface area contributed by atoms with Gasteiger partial charge in [0.15, 0.2) is 0 Å². The molecule has 2 aromatic rings. The topological polar surface area (TPSA) is 60.2 Å². The number of benzene rings is 1. The number of nitrogens with one attached hydrogen (secondary N) is 1.